The van der Waals surface area contributed by atoms with Crippen LogP contribution in [-0.2, 0) is 28.1 Å². The van der Waals surface area contributed by atoms with Crippen LogP contribution in [0.15, 0.2) is 36.4 Å². The molecule has 4 nitrogen and oxygen atoms in total. The molecule has 0 fully saturated rings. The van der Waals surface area contributed by atoms with Gasteiger partial charge in [0.05, 0.1) is 13.2 Å². The maximum absolute atomic E-state index is 6.12. The van der Waals surface area contributed by atoms with Crippen LogP contribution in [-0.4, -0.2) is 27.4 Å². The van der Waals surface area contributed by atoms with Crippen molar-refractivity contribution in [3.8, 4) is 11.5 Å². The minimum absolute atomic E-state index is 0.0751. The van der Waals surface area contributed by atoms with Crippen molar-refractivity contribution >= 4 is 0 Å². The van der Waals surface area contributed by atoms with E-state index in [0.29, 0.717) is 26.4 Å². The van der Waals surface area contributed by atoms with Crippen LogP contribution >= 0.6 is 0 Å². The summed E-state index contributed by atoms with van der Waals surface area (Å²) < 4.78 is 22.9. The summed E-state index contributed by atoms with van der Waals surface area (Å²) in [5.41, 5.74) is 4.53. The molecular formula is C24H34O4. The van der Waals surface area contributed by atoms with E-state index in [1.807, 2.05) is 12.1 Å². The number of rotatable bonds is 11. The van der Waals surface area contributed by atoms with Gasteiger partial charge in [-0.05, 0) is 30.4 Å². The Balaban J connectivity index is 2.08. The highest BCUT2D eigenvalue weighted by molar-refractivity contribution is 5.44. The van der Waals surface area contributed by atoms with Crippen LogP contribution in [0.5, 0.6) is 11.5 Å². The Bertz CT molecular complexity index is 725. The Kier molecular flexibility index (Phi) is 8.34. The molecule has 0 heterocycles. The third-order valence-corrected chi connectivity index (χ3v) is 5.07. The molecule has 0 aliphatic rings. The maximum Gasteiger partial charge on any atom is 0.130 e. The molecule has 0 saturated heterocycles. The molecule has 0 aromatic heterocycles. The van der Waals surface area contributed by atoms with E-state index in [1.165, 1.54) is 11.1 Å². The summed E-state index contributed by atoms with van der Waals surface area (Å²) >= 11 is 0. The average Bonchev–Trinajstić information content (AvgIpc) is 2.67. The van der Waals surface area contributed by atoms with Gasteiger partial charge in [-0.3, -0.25) is 0 Å². The van der Waals surface area contributed by atoms with E-state index in [0.717, 1.165) is 29.0 Å². The van der Waals surface area contributed by atoms with Crippen molar-refractivity contribution in [2.75, 3.05) is 27.4 Å². The topological polar surface area (TPSA) is 36.9 Å². The summed E-state index contributed by atoms with van der Waals surface area (Å²) in [7, 11) is 3.38. The quantitative estimate of drug-likeness (QED) is 0.482. The fourth-order valence-electron chi connectivity index (χ4n) is 3.28. The summed E-state index contributed by atoms with van der Waals surface area (Å²) in [6.45, 7) is 10.7. The SMILES string of the molecule is CCC(C)(C)c1ccccc1OCCOc1c(COC)cc(C)cc1COC. The summed E-state index contributed by atoms with van der Waals surface area (Å²) in [5.74, 6) is 1.76. The smallest absolute Gasteiger partial charge is 0.130 e. The molecule has 4 heteroatoms. The number of benzene rings is 2. The molecule has 0 N–H and O–H groups in total. The zero-order valence-corrected chi connectivity index (χ0v) is 18.1. The van der Waals surface area contributed by atoms with Crippen LogP contribution < -0.4 is 9.47 Å². The van der Waals surface area contributed by atoms with Crippen molar-refractivity contribution in [2.24, 2.45) is 0 Å². The summed E-state index contributed by atoms with van der Waals surface area (Å²) in [5, 5.41) is 0. The molecule has 0 unspecified atom stereocenters. The van der Waals surface area contributed by atoms with E-state index >= 15 is 0 Å². The number of hydrogen-bond donors (Lipinski definition) is 0. The molecule has 154 valence electrons. The predicted molar refractivity (Wildman–Crippen MR) is 113 cm³/mol. The van der Waals surface area contributed by atoms with Crippen LogP contribution in [0.4, 0.5) is 0 Å². The molecule has 0 saturated carbocycles. The largest absolute Gasteiger partial charge is 0.490 e. The van der Waals surface area contributed by atoms with E-state index in [1.54, 1.807) is 14.2 Å². The first-order valence-electron chi connectivity index (χ1n) is 9.88. The first kappa shape index (κ1) is 22.3. The lowest BCUT2D eigenvalue weighted by Crippen LogP contribution is -2.18. The Morgan fingerprint density at radius 1 is 0.857 bits per heavy atom. The van der Waals surface area contributed by atoms with Crippen molar-refractivity contribution in [1.82, 2.24) is 0 Å². The van der Waals surface area contributed by atoms with Gasteiger partial charge in [-0.1, -0.05) is 56.7 Å². The molecule has 28 heavy (non-hydrogen) atoms. The number of methoxy groups -OCH3 is 2. The Morgan fingerprint density at radius 2 is 1.43 bits per heavy atom. The molecule has 2 aromatic carbocycles. The lowest BCUT2D eigenvalue weighted by molar-refractivity contribution is 0.163. The molecule has 0 amide bonds. The van der Waals surface area contributed by atoms with Crippen molar-refractivity contribution in [3.05, 3.63) is 58.7 Å². The Morgan fingerprint density at radius 3 is 2.00 bits per heavy atom. The lowest BCUT2D eigenvalue weighted by Gasteiger charge is -2.26. The van der Waals surface area contributed by atoms with Crippen molar-refractivity contribution in [1.29, 1.82) is 0 Å². The van der Waals surface area contributed by atoms with Gasteiger partial charge in [0.25, 0.3) is 0 Å². The number of aryl methyl sites for hydroxylation is 1. The monoisotopic (exact) mass is 386 g/mol. The first-order chi connectivity index (χ1) is 13.4. The molecular weight excluding hydrogens is 352 g/mol. The van der Waals surface area contributed by atoms with Gasteiger partial charge in [0.2, 0.25) is 0 Å². The fraction of sp³-hybridized carbons (Fsp3) is 0.500. The molecule has 2 aromatic rings. The maximum atomic E-state index is 6.12. The highest BCUT2D eigenvalue weighted by atomic mass is 16.5. The van der Waals surface area contributed by atoms with Crippen molar-refractivity contribution in [2.45, 2.75) is 52.7 Å². The molecule has 2 rings (SSSR count). The third-order valence-electron chi connectivity index (χ3n) is 5.07. The van der Waals surface area contributed by atoms with E-state index < -0.39 is 0 Å². The number of hydrogen-bond acceptors (Lipinski definition) is 4. The highest BCUT2D eigenvalue weighted by Gasteiger charge is 2.22. The molecule has 0 bridgehead atoms. The van der Waals surface area contributed by atoms with E-state index in [9.17, 15) is 0 Å². The molecule has 0 spiro atoms. The summed E-state index contributed by atoms with van der Waals surface area (Å²) in [4.78, 5) is 0. The molecule has 0 aliphatic heterocycles. The molecule has 0 atom stereocenters. The minimum atomic E-state index is 0.0751. The second-order valence-corrected chi connectivity index (χ2v) is 7.71. The van der Waals surface area contributed by atoms with Gasteiger partial charge in [-0.2, -0.15) is 0 Å². The van der Waals surface area contributed by atoms with Crippen LogP contribution in [0.1, 0.15) is 49.4 Å². The zero-order chi connectivity index (χ0) is 20.6. The first-order valence-corrected chi connectivity index (χ1v) is 9.88. The van der Waals surface area contributed by atoms with Gasteiger partial charge < -0.3 is 18.9 Å². The van der Waals surface area contributed by atoms with Gasteiger partial charge in [0.1, 0.15) is 24.7 Å². The van der Waals surface area contributed by atoms with Gasteiger partial charge in [-0.15, -0.1) is 0 Å². The average molecular weight is 387 g/mol. The summed E-state index contributed by atoms with van der Waals surface area (Å²) in [6, 6.07) is 12.4. The second kappa shape index (κ2) is 10.5. The lowest BCUT2D eigenvalue weighted by atomic mass is 9.82. The van der Waals surface area contributed by atoms with Crippen LogP contribution in [0.3, 0.4) is 0 Å². The van der Waals surface area contributed by atoms with E-state index in [4.69, 9.17) is 18.9 Å². The predicted octanol–water partition coefficient (Wildman–Crippen LogP) is 5.43. The third kappa shape index (κ3) is 5.73. The highest BCUT2D eigenvalue weighted by Crippen LogP contribution is 2.34. The van der Waals surface area contributed by atoms with Crippen LogP contribution in [0, 0.1) is 6.92 Å². The fourth-order valence-corrected chi connectivity index (χ4v) is 3.28. The number of ether oxygens (including phenoxy) is 4. The van der Waals surface area contributed by atoms with E-state index in [2.05, 4.69) is 52.0 Å². The number of para-hydroxylation sites is 1. The minimum Gasteiger partial charge on any atom is -0.490 e. The van der Waals surface area contributed by atoms with E-state index in [-0.39, 0.29) is 5.41 Å². The van der Waals surface area contributed by atoms with Crippen LogP contribution in [0.25, 0.3) is 0 Å². The van der Waals surface area contributed by atoms with Gasteiger partial charge in [0.15, 0.2) is 0 Å². The molecule has 0 aliphatic carbocycles. The summed E-state index contributed by atoms with van der Waals surface area (Å²) in [6.07, 6.45) is 1.05. The van der Waals surface area contributed by atoms with Gasteiger partial charge >= 0.3 is 0 Å². The normalized spacial score (nSPS) is 11.5. The van der Waals surface area contributed by atoms with Gasteiger partial charge in [-0.25, -0.2) is 0 Å². The van der Waals surface area contributed by atoms with Crippen molar-refractivity contribution < 1.29 is 18.9 Å². The molecule has 0 radical (unpaired) electrons. The Hall–Kier alpha value is -2.04. The standard InChI is InChI=1S/C24H34O4/c1-7-24(3,4)21-10-8-9-11-22(21)27-12-13-28-23-19(16-25-5)14-18(2)15-20(23)17-26-6/h8-11,14-15H,7,12-13,16-17H2,1-6H3. The second-order valence-electron chi connectivity index (χ2n) is 7.71. The Labute approximate surface area is 169 Å². The van der Waals surface area contributed by atoms with Gasteiger partial charge in [0, 0.05) is 25.3 Å². The zero-order valence-electron chi connectivity index (χ0n) is 18.1. The van der Waals surface area contributed by atoms with Crippen molar-refractivity contribution in [3.63, 3.8) is 0 Å². The van der Waals surface area contributed by atoms with Crippen LogP contribution in [0.2, 0.25) is 0 Å².